The Hall–Kier alpha value is -2.12. The molecule has 2 amide bonds. The number of hydrogen-bond donors (Lipinski definition) is 2. The van der Waals surface area contributed by atoms with Crippen LogP contribution in [-0.2, 0) is 0 Å². The van der Waals surface area contributed by atoms with Crippen LogP contribution in [0.5, 0.6) is 0 Å². The van der Waals surface area contributed by atoms with Gasteiger partial charge >= 0.3 is 0 Å². The zero-order valence-corrected chi connectivity index (χ0v) is 15.5. The number of rotatable bonds is 3. The van der Waals surface area contributed by atoms with E-state index < -0.39 is 0 Å². The number of nitrogens with two attached hydrogens (primary N) is 1. The number of anilines is 1. The van der Waals surface area contributed by atoms with Crippen molar-refractivity contribution in [1.29, 1.82) is 0 Å². The molecule has 0 spiro atoms. The number of hydrogen-bond acceptors (Lipinski definition) is 5. The van der Waals surface area contributed by atoms with Crippen LogP contribution in [0.3, 0.4) is 0 Å². The van der Waals surface area contributed by atoms with Crippen LogP contribution >= 0.6 is 11.3 Å². The third-order valence-electron chi connectivity index (χ3n) is 4.69. The normalized spacial score (nSPS) is 19.7. The molecule has 1 unspecified atom stereocenters. The van der Waals surface area contributed by atoms with Gasteiger partial charge in [0.05, 0.1) is 16.1 Å². The van der Waals surface area contributed by atoms with Crippen LogP contribution in [0.25, 0.3) is 0 Å². The van der Waals surface area contributed by atoms with Crippen LogP contribution in [0.2, 0.25) is 0 Å². The van der Waals surface area contributed by atoms with Gasteiger partial charge in [0.15, 0.2) is 5.76 Å². The van der Waals surface area contributed by atoms with E-state index in [1.54, 1.807) is 12.1 Å². The van der Waals surface area contributed by atoms with Crippen molar-refractivity contribution in [3.63, 3.8) is 0 Å². The lowest BCUT2D eigenvalue weighted by molar-refractivity contribution is 0.0537. The van der Waals surface area contributed by atoms with Crippen molar-refractivity contribution in [2.45, 2.75) is 33.2 Å². The van der Waals surface area contributed by atoms with E-state index in [1.807, 2.05) is 17.9 Å². The molecule has 3 rings (SSSR count). The molecule has 1 aliphatic heterocycles. The average Bonchev–Trinajstić information content (AvgIpc) is 3.19. The third-order valence-corrected chi connectivity index (χ3v) is 5.83. The minimum absolute atomic E-state index is 0.000901. The van der Waals surface area contributed by atoms with Crippen LogP contribution in [0.15, 0.2) is 28.9 Å². The quantitative estimate of drug-likeness (QED) is 0.879. The first kappa shape index (κ1) is 17.7. The maximum absolute atomic E-state index is 12.9. The number of aryl methyl sites for hydroxylation is 1. The van der Waals surface area contributed by atoms with E-state index in [0.29, 0.717) is 23.0 Å². The van der Waals surface area contributed by atoms with Crippen LogP contribution in [-0.4, -0.2) is 35.8 Å². The Morgan fingerprint density at radius 2 is 2.20 bits per heavy atom. The number of nitrogens with zero attached hydrogens (tertiary/aromatic N) is 1. The van der Waals surface area contributed by atoms with Gasteiger partial charge in [-0.05, 0) is 42.5 Å². The largest absolute Gasteiger partial charge is 0.459 e. The second-order valence-corrected chi connectivity index (χ2v) is 8.22. The number of carbonyl (C=O) groups is 2. The number of piperidine rings is 1. The molecule has 3 N–H and O–H groups in total. The van der Waals surface area contributed by atoms with Gasteiger partial charge in [-0.3, -0.25) is 9.59 Å². The molecule has 134 valence electrons. The predicted octanol–water partition coefficient (Wildman–Crippen LogP) is 3.10. The zero-order chi connectivity index (χ0) is 18.2. The standard InChI is InChI=1S/C18H23N3O3S/c1-11-9-14(20-16(22)12-5-4-8-24-12)25-15(11)17(23)21-7-6-13(19)18(2,3)10-21/h4-5,8-9,13H,6-7,10,19H2,1-3H3,(H,20,22). The molecule has 0 radical (unpaired) electrons. The van der Waals surface area contributed by atoms with Crippen LogP contribution in [0.4, 0.5) is 5.00 Å². The highest BCUT2D eigenvalue weighted by Gasteiger charge is 2.36. The summed E-state index contributed by atoms with van der Waals surface area (Å²) in [5.41, 5.74) is 6.91. The minimum atomic E-state index is -0.324. The lowest BCUT2D eigenvalue weighted by Gasteiger charge is -2.42. The summed E-state index contributed by atoms with van der Waals surface area (Å²) in [4.78, 5) is 27.5. The second kappa shape index (κ2) is 6.65. The first-order valence-electron chi connectivity index (χ1n) is 8.28. The van der Waals surface area contributed by atoms with Crippen LogP contribution in [0.1, 0.15) is 46.1 Å². The van der Waals surface area contributed by atoms with E-state index in [-0.39, 0.29) is 29.0 Å². The molecule has 1 fully saturated rings. The van der Waals surface area contributed by atoms with Crippen molar-refractivity contribution in [3.8, 4) is 0 Å². The lowest BCUT2D eigenvalue weighted by Crippen LogP contribution is -2.53. The number of likely N-dealkylation sites (tertiary alicyclic amines) is 1. The van der Waals surface area contributed by atoms with E-state index in [0.717, 1.165) is 12.0 Å². The van der Waals surface area contributed by atoms with E-state index in [2.05, 4.69) is 19.2 Å². The molecule has 1 aliphatic rings. The molecule has 1 atom stereocenters. The van der Waals surface area contributed by atoms with Gasteiger partial charge in [-0.1, -0.05) is 13.8 Å². The van der Waals surface area contributed by atoms with Gasteiger partial charge < -0.3 is 20.4 Å². The maximum atomic E-state index is 12.9. The molecular formula is C18H23N3O3S. The monoisotopic (exact) mass is 361 g/mol. The lowest BCUT2D eigenvalue weighted by atomic mass is 9.79. The van der Waals surface area contributed by atoms with E-state index in [4.69, 9.17) is 10.2 Å². The Kier molecular flexibility index (Phi) is 4.71. The van der Waals surface area contributed by atoms with Crippen LogP contribution < -0.4 is 11.1 Å². The number of thiophene rings is 1. The van der Waals surface area contributed by atoms with E-state index >= 15 is 0 Å². The fourth-order valence-electron chi connectivity index (χ4n) is 3.03. The summed E-state index contributed by atoms with van der Waals surface area (Å²) in [7, 11) is 0. The molecule has 3 heterocycles. The van der Waals surface area contributed by atoms with Gasteiger partial charge in [0.1, 0.15) is 0 Å². The first-order valence-corrected chi connectivity index (χ1v) is 9.10. The molecule has 7 heteroatoms. The highest BCUT2D eigenvalue weighted by molar-refractivity contribution is 7.18. The molecule has 25 heavy (non-hydrogen) atoms. The summed E-state index contributed by atoms with van der Waals surface area (Å²) in [5, 5.41) is 3.42. The van der Waals surface area contributed by atoms with Crippen molar-refractivity contribution >= 4 is 28.2 Å². The highest BCUT2D eigenvalue weighted by Crippen LogP contribution is 2.32. The van der Waals surface area contributed by atoms with Gasteiger partial charge in [-0.25, -0.2) is 0 Å². The first-order chi connectivity index (χ1) is 11.8. The fourth-order valence-corrected chi connectivity index (χ4v) is 4.06. The number of carbonyl (C=O) groups excluding carboxylic acids is 2. The van der Waals surface area contributed by atoms with Gasteiger partial charge in [-0.15, -0.1) is 11.3 Å². The topological polar surface area (TPSA) is 88.6 Å². The summed E-state index contributed by atoms with van der Waals surface area (Å²) in [6.45, 7) is 7.36. The second-order valence-electron chi connectivity index (χ2n) is 7.16. The Bertz CT molecular complexity index is 780. The van der Waals surface area contributed by atoms with Gasteiger partial charge in [-0.2, -0.15) is 0 Å². The molecule has 2 aromatic heterocycles. The maximum Gasteiger partial charge on any atom is 0.291 e. The Morgan fingerprint density at radius 1 is 1.44 bits per heavy atom. The van der Waals surface area contributed by atoms with Crippen LogP contribution in [0, 0.1) is 12.3 Å². The van der Waals surface area contributed by atoms with E-state index in [1.165, 1.54) is 17.6 Å². The summed E-state index contributed by atoms with van der Waals surface area (Å²) in [6, 6.07) is 5.18. The molecule has 2 aromatic rings. The summed E-state index contributed by atoms with van der Waals surface area (Å²) >= 11 is 1.29. The molecule has 0 saturated carbocycles. The third kappa shape index (κ3) is 3.62. The van der Waals surface area contributed by atoms with Crippen molar-refractivity contribution in [2.75, 3.05) is 18.4 Å². The smallest absolute Gasteiger partial charge is 0.291 e. The van der Waals surface area contributed by atoms with Gasteiger partial charge in [0.2, 0.25) is 0 Å². The summed E-state index contributed by atoms with van der Waals surface area (Å²) in [5.74, 6) is -0.0815. The molecule has 0 bridgehead atoms. The van der Waals surface area contributed by atoms with Crippen molar-refractivity contribution in [3.05, 3.63) is 40.7 Å². The Labute approximate surface area is 151 Å². The Morgan fingerprint density at radius 3 is 2.84 bits per heavy atom. The van der Waals surface area contributed by atoms with E-state index in [9.17, 15) is 9.59 Å². The molecule has 1 saturated heterocycles. The SMILES string of the molecule is Cc1cc(NC(=O)c2ccco2)sc1C(=O)N1CCC(N)C(C)(C)C1. The molecule has 0 aromatic carbocycles. The number of furan rings is 1. The van der Waals surface area contributed by atoms with Gasteiger partial charge in [0, 0.05) is 19.1 Å². The summed E-state index contributed by atoms with van der Waals surface area (Å²) in [6.07, 6.45) is 2.25. The van der Waals surface area contributed by atoms with Crippen molar-refractivity contribution < 1.29 is 14.0 Å². The summed E-state index contributed by atoms with van der Waals surface area (Å²) < 4.78 is 5.09. The molecule has 0 aliphatic carbocycles. The fraction of sp³-hybridized carbons (Fsp3) is 0.444. The zero-order valence-electron chi connectivity index (χ0n) is 14.7. The minimum Gasteiger partial charge on any atom is -0.459 e. The Balaban J connectivity index is 1.74. The molecular weight excluding hydrogens is 338 g/mol. The number of amides is 2. The highest BCUT2D eigenvalue weighted by atomic mass is 32.1. The van der Waals surface area contributed by atoms with Gasteiger partial charge in [0.25, 0.3) is 11.8 Å². The van der Waals surface area contributed by atoms with Crippen molar-refractivity contribution in [2.24, 2.45) is 11.1 Å². The predicted molar refractivity (Wildman–Crippen MR) is 98.0 cm³/mol. The van der Waals surface area contributed by atoms with Crippen molar-refractivity contribution in [1.82, 2.24) is 4.90 Å². The number of nitrogens with one attached hydrogen (secondary N) is 1. The average molecular weight is 361 g/mol. The molecule has 6 nitrogen and oxygen atoms in total.